The van der Waals surface area contributed by atoms with E-state index in [2.05, 4.69) is 4.98 Å². The standard InChI is InChI=1S/C14H16N2O4/c1-3-5-8(2)16-10-7-4-6-9(14(19)20)11(10)15-12(17)13(16)18/h4,6-8H,3,5H2,1-2H3,(H,15,17)(H,19,20). The van der Waals surface area contributed by atoms with E-state index in [0.29, 0.717) is 5.52 Å². The molecule has 2 aromatic rings. The van der Waals surface area contributed by atoms with Crippen LogP contribution in [-0.4, -0.2) is 20.6 Å². The van der Waals surface area contributed by atoms with Crippen LogP contribution in [0.25, 0.3) is 11.0 Å². The maximum atomic E-state index is 12.1. The van der Waals surface area contributed by atoms with Gasteiger partial charge in [0.1, 0.15) is 0 Å². The summed E-state index contributed by atoms with van der Waals surface area (Å²) in [4.78, 5) is 37.4. The molecule has 1 unspecified atom stereocenters. The molecule has 0 saturated carbocycles. The molecule has 0 aliphatic heterocycles. The van der Waals surface area contributed by atoms with Crippen LogP contribution in [0, 0.1) is 0 Å². The number of aromatic amines is 1. The van der Waals surface area contributed by atoms with Crippen molar-refractivity contribution in [2.75, 3.05) is 0 Å². The van der Waals surface area contributed by atoms with Crippen molar-refractivity contribution in [3.05, 3.63) is 44.5 Å². The van der Waals surface area contributed by atoms with Crippen molar-refractivity contribution in [1.29, 1.82) is 0 Å². The summed E-state index contributed by atoms with van der Waals surface area (Å²) in [5, 5.41) is 9.17. The minimum absolute atomic E-state index is 0.0166. The van der Waals surface area contributed by atoms with Gasteiger partial charge in [-0.3, -0.25) is 14.2 Å². The second-order valence-corrected chi connectivity index (χ2v) is 4.77. The second-order valence-electron chi connectivity index (χ2n) is 4.77. The summed E-state index contributed by atoms with van der Waals surface area (Å²) < 4.78 is 1.38. The van der Waals surface area contributed by atoms with Crippen molar-refractivity contribution in [2.45, 2.75) is 32.7 Å². The number of fused-ring (bicyclic) bond motifs is 1. The van der Waals surface area contributed by atoms with Gasteiger partial charge < -0.3 is 10.1 Å². The highest BCUT2D eigenvalue weighted by Crippen LogP contribution is 2.19. The van der Waals surface area contributed by atoms with Crippen LogP contribution >= 0.6 is 0 Å². The van der Waals surface area contributed by atoms with E-state index < -0.39 is 17.1 Å². The maximum absolute atomic E-state index is 12.1. The Hall–Kier alpha value is -2.37. The molecule has 0 spiro atoms. The Morgan fingerprint density at radius 2 is 2.10 bits per heavy atom. The van der Waals surface area contributed by atoms with E-state index in [1.807, 2.05) is 13.8 Å². The molecule has 2 rings (SSSR count). The Kier molecular flexibility index (Phi) is 3.74. The fourth-order valence-corrected chi connectivity index (χ4v) is 2.42. The second kappa shape index (κ2) is 5.32. The number of carboxylic acids is 1. The third-order valence-electron chi connectivity index (χ3n) is 3.33. The molecule has 0 amide bonds. The first-order chi connectivity index (χ1) is 9.47. The SMILES string of the molecule is CCCC(C)n1c(=O)c(=O)[nH]c2c(C(=O)O)cccc21. The highest BCUT2D eigenvalue weighted by molar-refractivity contribution is 6.00. The lowest BCUT2D eigenvalue weighted by Gasteiger charge is -2.17. The van der Waals surface area contributed by atoms with Gasteiger partial charge in [-0.15, -0.1) is 0 Å². The van der Waals surface area contributed by atoms with Crippen molar-refractivity contribution in [3.63, 3.8) is 0 Å². The zero-order valence-electron chi connectivity index (χ0n) is 11.3. The largest absolute Gasteiger partial charge is 0.478 e. The number of aromatic carboxylic acids is 1. The number of carbonyl (C=O) groups is 1. The summed E-state index contributed by atoms with van der Waals surface area (Å²) in [6.45, 7) is 3.83. The summed E-state index contributed by atoms with van der Waals surface area (Å²) in [6, 6.07) is 4.45. The minimum Gasteiger partial charge on any atom is -0.478 e. The Morgan fingerprint density at radius 1 is 1.40 bits per heavy atom. The van der Waals surface area contributed by atoms with E-state index in [0.717, 1.165) is 12.8 Å². The van der Waals surface area contributed by atoms with Crippen LogP contribution in [0.4, 0.5) is 0 Å². The topological polar surface area (TPSA) is 92.2 Å². The van der Waals surface area contributed by atoms with Crippen LogP contribution in [0.1, 0.15) is 43.1 Å². The number of hydrogen-bond donors (Lipinski definition) is 2. The van der Waals surface area contributed by atoms with E-state index in [9.17, 15) is 14.4 Å². The zero-order valence-corrected chi connectivity index (χ0v) is 11.3. The number of para-hydroxylation sites is 1. The summed E-state index contributed by atoms with van der Waals surface area (Å²) in [5.41, 5.74) is -0.838. The molecule has 2 N–H and O–H groups in total. The monoisotopic (exact) mass is 276 g/mol. The highest BCUT2D eigenvalue weighted by atomic mass is 16.4. The smallest absolute Gasteiger partial charge is 0.337 e. The lowest BCUT2D eigenvalue weighted by molar-refractivity contribution is 0.0698. The van der Waals surface area contributed by atoms with Crippen LogP contribution in [0.5, 0.6) is 0 Å². The number of aromatic nitrogens is 2. The lowest BCUT2D eigenvalue weighted by atomic mass is 10.1. The average Bonchev–Trinajstić information content (AvgIpc) is 2.39. The molecule has 0 bridgehead atoms. The third-order valence-corrected chi connectivity index (χ3v) is 3.33. The molecule has 6 heteroatoms. The predicted octanol–water partition coefficient (Wildman–Crippen LogP) is 1.75. The van der Waals surface area contributed by atoms with Crippen LogP contribution in [0.3, 0.4) is 0 Å². The zero-order chi connectivity index (χ0) is 14.9. The highest BCUT2D eigenvalue weighted by Gasteiger charge is 2.17. The Balaban J connectivity index is 2.89. The van der Waals surface area contributed by atoms with E-state index in [4.69, 9.17) is 5.11 Å². The summed E-state index contributed by atoms with van der Waals surface area (Å²) in [6.07, 6.45) is 1.59. The molecule has 0 fully saturated rings. The molecule has 0 saturated heterocycles. The van der Waals surface area contributed by atoms with Crippen LogP contribution < -0.4 is 11.1 Å². The molecular formula is C14H16N2O4. The molecule has 0 radical (unpaired) electrons. The van der Waals surface area contributed by atoms with E-state index in [-0.39, 0.29) is 17.1 Å². The van der Waals surface area contributed by atoms with Crippen molar-refractivity contribution in [2.24, 2.45) is 0 Å². The number of hydrogen-bond acceptors (Lipinski definition) is 3. The first-order valence-corrected chi connectivity index (χ1v) is 6.48. The number of carboxylic acid groups (broad SMARTS) is 1. The van der Waals surface area contributed by atoms with Gasteiger partial charge in [-0.05, 0) is 25.5 Å². The summed E-state index contributed by atoms with van der Waals surface area (Å²) in [5.74, 6) is -1.14. The van der Waals surface area contributed by atoms with Gasteiger partial charge in [0.05, 0.1) is 16.6 Å². The molecule has 1 aromatic carbocycles. The van der Waals surface area contributed by atoms with Crippen LogP contribution in [0.2, 0.25) is 0 Å². The van der Waals surface area contributed by atoms with Crippen molar-refractivity contribution in [3.8, 4) is 0 Å². The van der Waals surface area contributed by atoms with Gasteiger partial charge in [-0.2, -0.15) is 0 Å². The Morgan fingerprint density at radius 3 is 2.70 bits per heavy atom. The molecule has 1 atom stereocenters. The van der Waals surface area contributed by atoms with Gasteiger partial charge >= 0.3 is 17.1 Å². The molecule has 0 aliphatic rings. The maximum Gasteiger partial charge on any atom is 0.337 e. The molecule has 1 heterocycles. The fraction of sp³-hybridized carbons (Fsp3) is 0.357. The molecule has 106 valence electrons. The van der Waals surface area contributed by atoms with Crippen molar-refractivity contribution in [1.82, 2.24) is 9.55 Å². The van der Waals surface area contributed by atoms with E-state index in [1.54, 1.807) is 12.1 Å². The summed E-state index contributed by atoms with van der Waals surface area (Å²) >= 11 is 0. The Bertz CT molecular complexity index is 773. The predicted molar refractivity (Wildman–Crippen MR) is 75.4 cm³/mol. The van der Waals surface area contributed by atoms with Gasteiger partial charge in [-0.25, -0.2) is 4.79 Å². The van der Waals surface area contributed by atoms with Gasteiger partial charge in [0.2, 0.25) is 0 Å². The molecule has 0 aliphatic carbocycles. The Labute approximate surface area is 114 Å². The number of H-pyrrole nitrogens is 1. The first kappa shape index (κ1) is 14.0. The third kappa shape index (κ3) is 2.24. The van der Waals surface area contributed by atoms with E-state index in [1.165, 1.54) is 10.6 Å². The minimum atomic E-state index is -1.14. The number of nitrogens with zero attached hydrogens (tertiary/aromatic N) is 1. The fourth-order valence-electron chi connectivity index (χ4n) is 2.42. The van der Waals surface area contributed by atoms with Crippen LogP contribution in [0.15, 0.2) is 27.8 Å². The van der Waals surface area contributed by atoms with Gasteiger partial charge in [0.25, 0.3) is 0 Å². The molecule has 6 nitrogen and oxygen atoms in total. The van der Waals surface area contributed by atoms with Gasteiger partial charge in [-0.1, -0.05) is 19.4 Å². The van der Waals surface area contributed by atoms with E-state index >= 15 is 0 Å². The normalized spacial score (nSPS) is 12.5. The number of benzene rings is 1. The first-order valence-electron chi connectivity index (χ1n) is 6.48. The molecule has 1 aromatic heterocycles. The summed E-state index contributed by atoms with van der Waals surface area (Å²) in [7, 11) is 0. The van der Waals surface area contributed by atoms with Gasteiger partial charge in [0.15, 0.2) is 0 Å². The average molecular weight is 276 g/mol. The number of nitrogens with one attached hydrogen (secondary N) is 1. The van der Waals surface area contributed by atoms with Crippen molar-refractivity contribution < 1.29 is 9.90 Å². The van der Waals surface area contributed by atoms with Gasteiger partial charge in [0, 0.05) is 6.04 Å². The lowest BCUT2D eigenvalue weighted by Crippen LogP contribution is -2.38. The van der Waals surface area contributed by atoms with Crippen molar-refractivity contribution >= 4 is 17.0 Å². The molecular weight excluding hydrogens is 260 g/mol. The number of rotatable bonds is 4. The quantitative estimate of drug-likeness (QED) is 0.832. The van der Waals surface area contributed by atoms with Crippen LogP contribution in [-0.2, 0) is 0 Å². The molecule has 20 heavy (non-hydrogen) atoms.